The minimum atomic E-state index is -0.227. The number of aromatic nitrogens is 1. The molecule has 1 aliphatic rings. The fraction of sp³-hybridized carbons (Fsp3) is 0.571. The molecule has 0 spiro atoms. The normalized spacial score (nSPS) is 14.6. The third kappa shape index (κ3) is 5.15. The van der Waals surface area contributed by atoms with E-state index in [4.69, 9.17) is 4.74 Å². The number of nitrogens with zero attached hydrogens (tertiary/aromatic N) is 3. The van der Waals surface area contributed by atoms with Gasteiger partial charge in [-0.2, -0.15) is 0 Å². The average Bonchev–Trinajstić information content (AvgIpc) is 2.70. The predicted octanol–water partition coefficient (Wildman–Crippen LogP) is 2.27. The second-order valence-corrected chi connectivity index (χ2v) is 5.66. The Morgan fingerprint density at radius 2 is 2.10 bits per heavy atom. The van der Waals surface area contributed by atoms with Gasteiger partial charge in [0.2, 0.25) is 5.88 Å². The second-order valence-electron chi connectivity index (χ2n) is 5.66. The second kappa shape index (κ2) is 7.10. The summed E-state index contributed by atoms with van der Waals surface area (Å²) in [6.07, 6.45) is 0. The van der Waals surface area contributed by atoms with Gasteiger partial charge in [-0.05, 0) is 26.8 Å². The van der Waals surface area contributed by atoms with Gasteiger partial charge in [-0.1, -0.05) is 6.07 Å². The van der Waals surface area contributed by atoms with Gasteiger partial charge < -0.3 is 15.0 Å². The van der Waals surface area contributed by atoms with E-state index in [1.165, 1.54) is 0 Å². The molecule has 0 radical (unpaired) electrons. The SMILES string of the molecule is CN1CCN=C1NCc1cccc(OC(C)(C)C)n1.I. The quantitative estimate of drug-likeness (QED) is 0.805. The smallest absolute Gasteiger partial charge is 0.214 e. The molecule has 1 aromatic heterocycles. The molecule has 1 aromatic rings. The summed E-state index contributed by atoms with van der Waals surface area (Å²) in [5.74, 6) is 1.59. The van der Waals surface area contributed by atoms with E-state index >= 15 is 0 Å². The molecule has 2 rings (SSSR count). The lowest BCUT2D eigenvalue weighted by atomic mass is 10.2. The van der Waals surface area contributed by atoms with Crippen LogP contribution in [0, 0.1) is 0 Å². The first-order chi connectivity index (χ1) is 8.94. The Kier molecular flexibility index (Phi) is 6.04. The molecule has 0 bridgehead atoms. The Morgan fingerprint density at radius 1 is 1.35 bits per heavy atom. The standard InChI is InChI=1S/C14H22N4O.HI/c1-14(2,3)19-12-7-5-6-11(17-12)10-16-13-15-8-9-18(13)4;/h5-7H,8-10H2,1-4H3,(H,15,16);1H. The first kappa shape index (κ1) is 17.0. The van der Waals surface area contributed by atoms with Crippen molar-refractivity contribution in [3.8, 4) is 5.88 Å². The fourth-order valence-electron chi connectivity index (χ4n) is 1.82. The summed E-state index contributed by atoms with van der Waals surface area (Å²) in [5, 5.41) is 3.30. The predicted molar refractivity (Wildman–Crippen MR) is 91.8 cm³/mol. The molecule has 0 atom stereocenters. The lowest BCUT2D eigenvalue weighted by molar-refractivity contribution is 0.124. The number of hydrogen-bond donors (Lipinski definition) is 1. The first-order valence-electron chi connectivity index (χ1n) is 6.58. The number of pyridine rings is 1. The number of likely N-dealkylation sites (N-methyl/N-ethyl adjacent to an activating group) is 1. The van der Waals surface area contributed by atoms with Crippen LogP contribution in [-0.4, -0.2) is 41.6 Å². The summed E-state index contributed by atoms with van der Waals surface area (Å²) >= 11 is 0. The third-order valence-electron chi connectivity index (χ3n) is 2.68. The van der Waals surface area contributed by atoms with E-state index in [-0.39, 0.29) is 29.6 Å². The zero-order valence-electron chi connectivity index (χ0n) is 12.5. The minimum Gasteiger partial charge on any atom is -0.472 e. The highest BCUT2D eigenvalue weighted by Crippen LogP contribution is 2.15. The van der Waals surface area contributed by atoms with Gasteiger partial charge in [0.15, 0.2) is 5.96 Å². The lowest BCUT2D eigenvalue weighted by Gasteiger charge is -2.20. The van der Waals surface area contributed by atoms with Crippen molar-refractivity contribution in [1.29, 1.82) is 0 Å². The van der Waals surface area contributed by atoms with E-state index in [1.54, 1.807) is 0 Å². The third-order valence-corrected chi connectivity index (χ3v) is 2.68. The molecule has 0 aromatic carbocycles. The van der Waals surface area contributed by atoms with Crippen molar-refractivity contribution in [1.82, 2.24) is 15.2 Å². The molecule has 0 fully saturated rings. The van der Waals surface area contributed by atoms with Crippen LogP contribution in [0.25, 0.3) is 0 Å². The number of rotatable bonds is 3. The van der Waals surface area contributed by atoms with Crippen LogP contribution >= 0.6 is 24.0 Å². The highest BCUT2D eigenvalue weighted by atomic mass is 127. The summed E-state index contributed by atoms with van der Waals surface area (Å²) in [5.41, 5.74) is 0.721. The molecule has 0 unspecified atom stereocenters. The summed E-state index contributed by atoms with van der Waals surface area (Å²) in [6.45, 7) is 8.54. The van der Waals surface area contributed by atoms with Gasteiger partial charge in [0.05, 0.1) is 18.8 Å². The molecule has 112 valence electrons. The molecule has 20 heavy (non-hydrogen) atoms. The number of nitrogens with one attached hydrogen (secondary N) is 1. The van der Waals surface area contributed by atoms with Crippen molar-refractivity contribution < 1.29 is 4.74 Å². The van der Waals surface area contributed by atoms with Crippen LogP contribution < -0.4 is 10.1 Å². The largest absolute Gasteiger partial charge is 0.472 e. The van der Waals surface area contributed by atoms with Crippen molar-refractivity contribution in [3.63, 3.8) is 0 Å². The van der Waals surface area contributed by atoms with Gasteiger partial charge in [-0.3, -0.25) is 4.99 Å². The van der Waals surface area contributed by atoms with E-state index < -0.39 is 0 Å². The number of ether oxygens (including phenoxy) is 1. The van der Waals surface area contributed by atoms with Gasteiger partial charge in [0, 0.05) is 19.7 Å². The van der Waals surface area contributed by atoms with Gasteiger partial charge in [-0.15, -0.1) is 24.0 Å². The number of guanidine groups is 1. The molecule has 0 aliphatic carbocycles. The van der Waals surface area contributed by atoms with Crippen LogP contribution in [-0.2, 0) is 6.54 Å². The van der Waals surface area contributed by atoms with E-state index in [1.807, 2.05) is 46.0 Å². The average molecular weight is 390 g/mol. The molecule has 6 heteroatoms. The fourth-order valence-corrected chi connectivity index (χ4v) is 1.82. The molecule has 0 saturated heterocycles. The number of hydrogen-bond acceptors (Lipinski definition) is 5. The molecule has 0 saturated carbocycles. The summed E-state index contributed by atoms with van der Waals surface area (Å²) < 4.78 is 5.76. The lowest BCUT2D eigenvalue weighted by Crippen LogP contribution is -2.35. The van der Waals surface area contributed by atoms with Crippen molar-refractivity contribution in [2.24, 2.45) is 4.99 Å². The van der Waals surface area contributed by atoms with Crippen molar-refractivity contribution in [3.05, 3.63) is 23.9 Å². The van der Waals surface area contributed by atoms with E-state index in [2.05, 4.69) is 20.2 Å². The zero-order chi connectivity index (χ0) is 13.9. The molecule has 1 N–H and O–H groups in total. The van der Waals surface area contributed by atoms with E-state index in [0.717, 1.165) is 24.7 Å². The summed E-state index contributed by atoms with van der Waals surface area (Å²) in [7, 11) is 2.03. The maximum absolute atomic E-state index is 5.76. The Morgan fingerprint density at radius 3 is 2.70 bits per heavy atom. The molecule has 5 nitrogen and oxygen atoms in total. The first-order valence-corrected chi connectivity index (χ1v) is 6.58. The van der Waals surface area contributed by atoms with Crippen LogP contribution in [0.1, 0.15) is 26.5 Å². The Labute approximate surface area is 137 Å². The van der Waals surface area contributed by atoms with Gasteiger partial charge in [0.1, 0.15) is 5.60 Å². The van der Waals surface area contributed by atoms with Crippen LogP contribution in [0.15, 0.2) is 23.2 Å². The number of halogens is 1. The maximum Gasteiger partial charge on any atom is 0.214 e. The van der Waals surface area contributed by atoms with Gasteiger partial charge in [-0.25, -0.2) is 4.98 Å². The molecular formula is C14H23IN4O. The molecule has 0 amide bonds. The van der Waals surface area contributed by atoms with Crippen LogP contribution in [0.5, 0.6) is 5.88 Å². The maximum atomic E-state index is 5.76. The molecule has 1 aliphatic heterocycles. The van der Waals surface area contributed by atoms with E-state index in [0.29, 0.717) is 12.4 Å². The van der Waals surface area contributed by atoms with Crippen LogP contribution in [0.4, 0.5) is 0 Å². The van der Waals surface area contributed by atoms with Gasteiger partial charge in [0.25, 0.3) is 0 Å². The van der Waals surface area contributed by atoms with E-state index in [9.17, 15) is 0 Å². The van der Waals surface area contributed by atoms with Crippen molar-refractivity contribution in [2.45, 2.75) is 32.9 Å². The van der Waals surface area contributed by atoms with Crippen LogP contribution in [0.3, 0.4) is 0 Å². The van der Waals surface area contributed by atoms with Crippen LogP contribution in [0.2, 0.25) is 0 Å². The summed E-state index contributed by atoms with van der Waals surface area (Å²) in [4.78, 5) is 11.0. The van der Waals surface area contributed by atoms with Crippen molar-refractivity contribution in [2.75, 3.05) is 20.1 Å². The Bertz CT molecular complexity index is 470. The molecule has 2 heterocycles. The Hall–Kier alpha value is -1.05. The summed E-state index contributed by atoms with van der Waals surface area (Å²) in [6, 6.07) is 5.83. The zero-order valence-corrected chi connectivity index (χ0v) is 14.8. The highest BCUT2D eigenvalue weighted by Gasteiger charge is 2.14. The van der Waals surface area contributed by atoms with Gasteiger partial charge >= 0.3 is 0 Å². The topological polar surface area (TPSA) is 49.8 Å². The van der Waals surface area contributed by atoms with Crippen molar-refractivity contribution >= 4 is 29.9 Å². The minimum absolute atomic E-state index is 0. The highest BCUT2D eigenvalue weighted by molar-refractivity contribution is 14.0. The Balaban J connectivity index is 0.00000200. The monoisotopic (exact) mass is 390 g/mol. The molecular weight excluding hydrogens is 367 g/mol. The number of aliphatic imine (C=N–C) groups is 1.